The molecule has 0 aliphatic carbocycles. The van der Waals surface area contributed by atoms with Crippen LogP contribution in [0.4, 0.5) is 0 Å². The van der Waals surface area contributed by atoms with Crippen molar-refractivity contribution < 1.29 is 4.21 Å². The van der Waals surface area contributed by atoms with Crippen LogP contribution >= 0.6 is 11.6 Å². The summed E-state index contributed by atoms with van der Waals surface area (Å²) in [5.41, 5.74) is 2.71. The fourth-order valence-electron chi connectivity index (χ4n) is 2.04. The molecule has 100 valence electrons. The Bertz CT molecular complexity index is 604. The molecule has 2 aromatic rings. The molecule has 2 aromatic heterocycles. The van der Waals surface area contributed by atoms with E-state index in [1.165, 1.54) is 0 Å². The molecule has 0 amide bonds. The Morgan fingerprint density at radius 1 is 1.50 bits per heavy atom. The number of aryl methyl sites for hydroxylation is 2. The zero-order chi connectivity index (χ0) is 13.4. The van der Waals surface area contributed by atoms with Crippen LogP contribution in [0.15, 0.2) is 0 Å². The molecule has 2 heterocycles. The van der Waals surface area contributed by atoms with Crippen LogP contribution in [0.1, 0.15) is 18.4 Å². The minimum absolute atomic E-state index is 0.0552. The maximum absolute atomic E-state index is 11.5. The molecule has 0 aromatic carbocycles. The van der Waals surface area contributed by atoms with Crippen molar-refractivity contribution in [3.63, 3.8) is 0 Å². The minimum Gasteiger partial charge on any atom is -0.311 e. The first-order valence-electron chi connectivity index (χ1n) is 5.72. The van der Waals surface area contributed by atoms with Crippen molar-refractivity contribution in [3.05, 3.63) is 11.5 Å². The smallest absolute Gasteiger partial charge is 0.158 e. The third kappa shape index (κ3) is 2.19. The molecule has 0 radical (unpaired) electrons. The van der Waals surface area contributed by atoms with Crippen molar-refractivity contribution in [2.45, 2.75) is 31.5 Å². The lowest BCUT2D eigenvalue weighted by Gasteiger charge is -2.12. The number of rotatable bonds is 4. The highest BCUT2D eigenvalue weighted by Crippen LogP contribution is 2.21. The molecule has 2 rings (SSSR count). The average Bonchev–Trinajstić information content (AvgIpc) is 2.79. The van der Waals surface area contributed by atoms with Gasteiger partial charge in [0.2, 0.25) is 0 Å². The van der Waals surface area contributed by atoms with Crippen molar-refractivity contribution in [2.75, 3.05) is 6.26 Å². The predicted octanol–water partition coefficient (Wildman–Crippen LogP) is 1.58. The zero-order valence-corrected chi connectivity index (χ0v) is 12.5. The van der Waals surface area contributed by atoms with Crippen LogP contribution in [0, 0.1) is 6.92 Å². The maximum Gasteiger partial charge on any atom is 0.158 e. The molecule has 0 bridgehead atoms. The first-order valence-corrected chi connectivity index (χ1v) is 7.88. The summed E-state index contributed by atoms with van der Waals surface area (Å²) in [5.74, 6) is 1.15. The van der Waals surface area contributed by atoms with Gasteiger partial charge in [-0.15, -0.1) is 11.6 Å². The number of fused-ring (bicyclic) bond motifs is 1. The molecule has 0 spiro atoms. The Kier molecular flexibility index (Phi) is 3.77. The SMILES string of the molecule is Cc1nn(C)c2c1nc(CCl)n2CC(C)S(C)=O. The minimum atomic E-state index is -0.869. The highest BCUT2D eigenvalue weighted by atomic mass is 35.5. The van der Waals surface area contributed by atoms with E-state index in [0.717, 1.165) is 22.7 Å². The molecule has 0 fully saturated rings. The summed E-state index contributed by atoms with van der Waals surface area (Å²) in [6.45, 7) is 4.53. The van der Waals surface area contributed by atoms with Crippen LogP contribution in [0.5, 0.6) is 0 Å². The van der Waals surface area contributed by atoms with Crippen LogP contribution in [-0.2, 0) is 30.3 Å². The molecule has 18 heavy (non-hydrogen) atoms. The number of aromatic nitrogens is 4. The van der Waals surface area contributed by atoms with Gasteiger partial charge >= 0.3 is 0 Å². The number of hydrogen-bond acceptors (Lipinski definition) is 3. The standard InChI is InChI=1S/C11H17ClN4OS/c1-7(18(4)17)6-16-9(5-12)13-10-8(2)14-15(3)11(10)16/h7H,5-6H2,1-4H3. The lowest BCUT2D eigenvalue weighted by atomic mass is 10.4. The van der Waals surface area contributed by atoms with Gasteiger partial charge in [0.05, 0.1) is 11.6 Å². The van der Waals surface area contributed by atoms with Crippen LogP contribution < -0.4 is 0 Å². The van der Waals surface area contributed by atoms with Gasteiger partial charge in [0.25, 0.3) is 0 Å². The molecular formula is C11H17ClN4OS. The van der Waals surface area contributed by atoms with Crippen molar-refractivity contribution in [3.8, 4) is 0 Å². The van der Waals surface area contributed by atoms with E-state index in [-0.39, 0.29) is 5.25 Å². The first-order chi connectivity index (χ1) is 8.45. The van der Waals surface area contributed by atoms with E-state index < -0.39 is 10.8 Å². The van der Waals surface area contributed by atoms with Gasteiger partial charge in [0, 0.05) is 35.9 Å². The molecular weight excluding hydrogens is 272 g/mol. The molecule has 0 aliphatic heterocycles. The Morgan fingerprint density at radius 2 is 2.17 bits per heavy atom. The summed E-state index contributed by atoms with van der Waals surface area (Å²) in [7, 11) is 1.02. The van der Waals surface area contributed by atoms with Gasteiger partial charge in [-0.05, 0) is 13.8 Å². The van der Waals surface area contributed by atoms with Crippen LogP contribution in [-0.4, -0.2) is 35.0 Å². The number of imidazole rings is 1. The largest absolute Gasteiger partial charge is 0.311 e. The highest BCUT2D eigenvalue weighted by molar-refractivity contribution is 7.84. The lowest BCUT2D eigenvalue weighted by molar-refractivity contribution is 0.625. The normalized spacial score (nSPS) is 15.2. The third-order valence-corrected chi connectivity index (χ3v) is 4.62. The average molecular weight is 289 g/mol. The maximum atomic E-state index is 11.5. The van der Waals surface area contributed by atoms with E-state index >= 15 is 0 Å². The molecule has 2 unspecified atom stereocenters. The van der Waals surface area contributed by atoms with E-state index in [1.54, 1.807) is 10.9 Å². The van der Waals surface area contributed by atoms with E-state index in [2.05, 4.69) is 10.1 Å². The molecule has 0 saturated heterocycles. The Labute approximate surface area is 114 Å². The number of alkyl halides is 1. The fraction of sp³-hybridized carbons (Fsp3) is 0.636. The summed E-state index contributed by atoms with van der Waals surface area (Å²) >= 11 is 5.94. The van der Waals surface area contributed by atoms with Gasteiger partial charge in [-0.25, -0.2) is 4.98 Å². The van der Waals surface area contributed by atoms with Crippen molar-refractivity contribution in [1.29, 1.82) is 0 Å². The van der Waals surface area contributed by atoms with Gasteiger partial charge in [-0.3, -0.25) is 8.89 Å². The van der Waals surface area contributed by atoms with Crippen LogP contribution in [0.25, 0.3) is 11.2 Å². The van der Waals surface area contributed by atoms with Crippen molar-refractivity contribution >= 4 is 33.6 Å². The zero-order valence-electron chi connectivity index (χ0n) is 11.0. The molecule has 0 aliphatic rings. The van der Waals surface area contributed by atoms with Crippen molar-refractivity contribution in [1.82, 2.24) is 19.3 Å². The Balaban J connectivity index is 2.56. The van der Waals surface area contributed by atoms with E-state index in [4.69, 9.17) is 11.6 Å². The summed E-state index contributed by atoms with van der Waals surface area (Å²) in [5, 5.41) is 4.41. The number of nitrogens with zero attached hydrogens (tertiary/aromatic N) is 4. The van der Waals surface area contributed by atoms with E-state index in [1.807, 2.05) is 25.5 Å². The highest BCUT2D eigenvalue weighted by Gasteiger charge is 2.19. The summed E-state index contributed by atoms with van der Waals surface area (Å²) in [6.07, 6.45) is 1.72. The summed E-state index contributed by atoms with van der Waals surface area (Å²) < 4.78 is 15.3. The topological polar surface area (TPSA) is 52.7 Å². The molecule has 2 atom stereocenters. The summed E-state index contributed by atoms with van der Waals surface area (Å²) in [6, 6.07) is 0. The quantitative estimate of drug-likeness (QED) is 0.803. The predicted molar refractivity (Wildman–Crippen MR) is 74.3 cm³/mol. The van der Waals surface area contributed by atoms with Gasteiger partial charge in [-0.1, -0.05) is 0 Å². The second-order valence-electron chi connectivity index (χ2n) is 4.46. The Morgan fingerprint density at radius 3 is 2.72 bits per heavy atom. The van der Waals surface area contributed by atoms with Gasteiger partial charge in [0.15, 0.2) is 5.65 Å². The lowest BCUT2D eigenvalue weighted by Crippen LogP contribution is -2.19. The van der Waals surface area contributed by atoms with Gasteiger partial charge < -0.3 is 4.57 Å². The fourth-order valence-corrected chi connectivity index (χ4v) is 2.60. The van der Waals surface area contributed by atoms with Gasteiger partial charge in [-0.2, -0.15) is 5.10 Å². The van der Waals surface area contributed by atoms with Crippen LogP contribution in [0.2, 0.25) is 0 Å². The first kappa shape index (κ1) is 13.5. The van der Waals surface area contributed by atoms with E-state index in [9.17, 15) is 4.21 Å². The molecule has 0 saturated carbocycles. The van der Waals surface area contributed by atoms with Crippen LogP contribution in [0.3, 0.4) is 0 Å². The number of hydrogen-bond donors (Lipinski definition) is 0. The molecule has 5 nitrogen and oxygen atoms in total. The number of halogens is 1. The third-order valence-electron chi connectivity index (χ3n) is 3.09. The monoisotopic (exact) mass is 288 g/mol. The van der Waals surface area contributed by atoms with E-state index in [0.29, 0.717) is 12.4 Å². The van der Waals surface area contributed by atoms with Crippen molar-refractivity contribution in [2.24, 2.45) is 7.05 Å². The molecule has 0 N–H and O–H groups in total. The molecule has 7 heteroatoms. The summed E-state index contributed by atoms with van der Waals surface area (Å²) in [4.78, 5) is 4.51. The second kappa shape index (κ2) is 5.01. The second-order valence-corrected chi connectivity index (χ2v) is 6.53. The van der Waals surface area contributed by atoms with Gasteiger partial charge in [0.1, 0.15) is 11.3 Å². The Hall–Kier alpha value is -0.880.